The van der Waals surface area contributed by atoms with Gasteiger partial charge in [0.25, 0.3) is 0 Å². The van der Waals surface area contributed by atoms with Crippen LogP contribution in [0.2, 0.25) is 0 Å². The molecular formula is C42H52N10O3S. The number of carboxylic acids is 1. The van der Waals surface area contributed by atoms with Gasteiger partial charge in [0.05, 0.1) is 40.9 Å². The molecule has 2 atom stereocenters. The van der Waals surface area contributed by atoms with Crippen LogP contribution in [-0.4, -0.2) is 90.9 Å². The molecule has 0 radical (unpaired) electrons. The third-order valence-corrected chi connectivity index (χ3v) is 13.6. The molecule has 1 aromatic carbocycles. The van der Waals surface area contributed by atoms with Crippen molar-refractivity contribution in [2.24, 2.45) is 16.2 Å². The molecule has 14 heteroatoms. The Morgan fingerprint density at radius 1 is 0.964 bits per heavy atom. The number of hydrogen-bond acceptors (Lipinski definition) is 12. The fourth-order valence-corrected chi connectivity index (χ4v) is 12.4. The van der Waals surface area contributed by atoms with Gasteiger partial charge in [-0.2, -0.15) is 10.2 Å². The van der Waals surface area contributed by atoms with Crippen LogP contribution in [-0.2, 0) is 17.8 Å². The summed E-state index contributed by atoms with van der Waals surface area (Å²) >= 11 is 1.56. The SMILES string of the molecule is Cc1cc(CNc2ccc(-c3cnn(CC45CC6(C)CC(C)(C4)CC(OCCN4CCNCC4)(C6)C5)c3C)c(C(=O)O)n2)nnc1Nc1nc2ccccc2s1. The van der Waals surface area contributed by atoms with Gasteiger partial charge in [-0.3, -0.25) is 9.58 Å². The Morgan fingerprint density at radius 3 is 2.50 bits per heavy atom. The molecule has 5 fully saturated rings. The Hall–Kier alpha value is -4.50. The Balaban J connectivity index is 0.888. The second-order valence-electron chi connectivity index (χ2n) is 17.8. The molecule has 4 aromatic heterocycles. The minimum absolute atomic E-state index is 0.0121. The highest BCUT2D eigenvalue weighted by molar-refractivity contribution is 7.22. The first-order valence-electron chi connectivity index (χ1n) is 19.9. The quantitative estimate of drug-likeness (QED) is 0.0968. The number of anilines is 3. The average Bonchev–Trinajstić information content (AvgIpc) is 3.72. The zero-order valence-electron chi connectivity index (χ0n) is 32.8. The molecule has 5 aliphatic rings. The van der Waals surface area contributed by atoms with E-state index in [0.717, 1.165) is 97.3 Å². The monoisotopic (exact) mass is 776 g/mol. The third kappa shape index (κ3) is 7.28. The van der Waals surface area contributed by atoms with Gasteiger partial charge in [0, 0.05) is 56.1 Å². The number of carboxylic acid groups (broad SMARTS) is 1. The highest BCUT2D eigenvalue weighted by atomic mass is 32.1. The maximum Gasteiger partial charge on any atom is 0.355 e. The van der Waals surface area contributed by atoms with Crippen molar-refractivity contribution < 1.29 is 14.6 Å². The number of ether oxygens (including phenoxy) is 1. The molecule has 294 valence electrons. The van der Waals surface area contributed by atoms with Crippen LogP contribution in [0, 0.1) is 30.1 Å². The van der Waals surface area contributed by atoms with E-state index in [2.05, 4.69) is 66.5 Å². The number of carbonyl (C=O) groups is 1. The highest BCUT2D eigenvalue weighted by Gasteiger charge is 2.66. The van der Waals surface area contributed by atoms with Gasteiger partial charge in [0.1, 0.15) is 5.82 Å². The number of nitrogens with zero attached hydrogens (tertiary/aromatic N) is 7. The third-order valence-electron chi connectivity index (χ3n) is 12.7. The number of aryl methyl sites for hydroxylation is 1. The number of thiazole rings is 1. The predicted octanol–water partition coefficient (Wildman–Crippen LogP) is 7.06. The van der Waals surface area contributed by atoms with E-state index in [0.29, 0.717) is 29.4 Å². The molecule has 10 rings (SSSR count). The van der Waals surface area contributed by atoms with E-state index < -0.39 is 5.97 Å². The van der Waals surface area contributed by atoms with Crippen molar-refractivity contribution >= 4 is 44.3 Å². The normalized spacial score (nSPS) is 27.2. The Labute approximate surface area is 331 Å². The van der Waals surface area contributed by atoms with Crippen LogP contribution in [0.25, 0.3) is 21.3 Å². The molecular weight excluding hydrogens is 725 g/mol. The number of aromatic carboxylic acids is 1. The Morgan fingerprint density at radius 2 is 1.75 bits per heavy atom. The molecule has 5 aromatic rings. The molecule has 4 saturated carbocycles. The second-order valence-corrected chi connectivity index (χ2v) is 18.9. The molecule has 5 heterocycles. The fourth-order valence-electron chi connectivity index (χ4n) is 11.6. The van der Waals surface area contributed by atoms with Crippen molar-refractivity contribution in [3.63, 3.8) is 0 Å². The van der Waals surface area contributed by atoms with Gasteiger partial charge in [0.2, 0.25) is 0 Å². The second kappa shape index (κ2) is 14.2. The summed E-state index contributed by atoms with van der Waals surface area (Å²) in [5.74, 6) is 0.00309. The van der Waals surface area contributed by atoms with Crippen LogP contribution >= 0.6 is 11.3 Å². The van der Waals surface area contributed by atoms with Gasteiger partial charge < -0.3 is 25.8 Å². The number of rotatable bonds is 13. The largest absolute Gasteiger partial charge is 0.476 e. The van der Waals surface area contributed by atoms with E-state index in [1.807, 2.05) is 55.6 Å². The van der Waals surface area contributed by atoms with Gasteiger partial charge in [0.15, 0.2) is 16.6 Å². The van der Waals surface area contributed by atoms with Gasteiger partial charge in [-0.15, -0.1) is 5.10 Å². The number of aromatic nitrogens is 6. The maximum atomic E-state index is 12.7. The van der Waals surface area contributed by atoms with Crippen molar-refractivity contribution in [2.75, 3.05) is 50.0 Å². The summed E-state index contributed by atoms with van der Waals surface area (Å²) in [6, 6.07) is 13.6. The van der Waals surface area contributed by atoms with Crippen LogP contribution in [0.4, 0.5) is 16.8 Å². The van der Waals surface area contributed by atoms with Crippen LogP contribution < -0.4 is 16.0 Å². The molecule has 1 aliphatic heterocycles. The van der Waals surface area contributed by atoms with E-state index >= 15 is 0 Å². The molecule has 0 amide bonds. The van der Waals surface area contributed by atoms with E-state index in [1.54, 1.807) is 11.3 Å². The van der Waals surface area contributed by atoms with Gasteiger partial charge in [-0.1, -0.05) is 37.3 Å². The minimum atomic E-state index is -1.08. The van der Waals surface area contributed by atoms with E-state index in [9.17, 15) is 9.90 Å². The zero-order chi connectivity index (χ0) is 38.7. The summed E-state index contributed by atoms with van der Waals surface area (Å²) in [6.45, 7) is 16.2. The van der Waals surface area contributed by atoms with Gasteiger partial charge in [-0.25, -0.2) is 14.8 Å². The van der Waals surface area contributed by atoms with Crippen LogP contribution in [0.15, 0.2) is 48.7 Å². The predicted molar refractivity (Wildman–Crippen MR) is 218 cm³/mol. The minimum Gasteiger partial charge on any atom is -0.476 e. The van der Waals surface area contributed by atoms with Crippen molar-refractivity contribution in [3.8, 4) is 11.1 Å². The highest BCUT2D eigenvalue weighted by Crippen LogP contribution is 2.72. The lowest BCUT2D eigenvalue weighted by Gasteiger charge is -2.69. The Bertz CT molecular complexity index is 2230. The topological polar surface area (TPSA) is 155 Å². The summed E-state index contributed by atoms with van der Waals surface area (Å²) in [5.41, 5.74) is 5.33. The number of benzene rings is 1. The summed E-state index contributed by atoms with van der Waals surface area (Å²) < 4.78 is 10.2. The first-order valence-corrected chi connectivity index (χ1v) is 20.7. The molecule has 56 heavy (non-hydrogen) atoms. The van der Waals surface area contributed by atoms with E-state index in [-0.39, 0.29) is 27.5 Å². The molecule has 0 spiro atoms. The smallest absolute Gasteiger partial charge is 0.355 e. The van der Waals surface area contributed by atoms with Crippen molar-refractivity contribution in [2.45, 2.75) is 84.9 Å². The molecule has 2 unspecified atom stereocenters. The molecule has 1 saturated heterocycles. The van der Waals surface area contributed by atoms with Crippen molar-refractivity contribution in [3.05, 3.63) is 71.3 Å². The number of nitrogens with one attached hydrogen (secondary N) is 3. The van der Waals surface area contributed by atoms with Crippen molar-refractivity contribution in [1.29, 1.82) is 0 Å². The van der Waals surface area contributed by atoms with Crippen LogP contribution in [0.5, 0.6) is 0 Å². The molecule has 4 bridgehead atoms. The van der Waals surface area contributed by atoms with E-state index in [4.69, 9.17) is 9.84 Å². The maximum absolute atomic E-state index is 12.7. The van der Waals surface area contributed by atoms with Crippen LogP contribution in [0.3, 0.4) is 0 Å². The zero-order valence-corrected chi connectivity index (χ0v) is 33.6. The summed E-state index contributed by atoms with van der Waals surface area (Å²) in [6.07, 6.45) is 8.73. The number of hydrogen-bond donors (Lipinski definition) is 4. The fraction of sp³-hybridized carbons (Fsp3) is 0.524. The summed E-state index contributed by atoms with van der Waals surface area (Å²) in [4.78, 5) is 24.4. The molecule has 4 aliphatic carbocycles. The van der Waals surface area contributed by atoms with Gasteiger partial charge in [-0.05, 0) is 105 Å². The average molecular weight is 777 g/mol. The summed E-state index contributed by atoms with van der Waals surface area (Å²) in [7, 11) is 0. The first-order chi connectivity index (χ1) is 26.9. The number of pyridine rings is 1. The Kier molecular flexibility index (Phi) is 9.38. The lowest BCUT2D eigenvalue weighted by molar-refractivity contribution is -0.249. The number of piperazine rings is 1. The first kappa shape index (κ1) is 37.1. The lowest BCUT2D eigenvalue weighted by Crippen LogP contribution is -2.64. The summed E-state index contributed by atoms with van der Waals surface area (Å²) in [5, 5.41) is 34.8. The standard InChI is InChI=1S/C42H52N10O3S/c1-27-17-29(49-50-36(27)48-38-46-32-7-5-6-8-33(32)56-38)18-44-34-10-9-30(35(47-34)37(53)54)31-19-45-52(28(31)2)26-41-21-39(3)20-40(4,22-41)24-42(23-39,25-41)55-16-15-51-13-11-43-12-14-51/h5-10,17,19,43H,11-16,18,20-26H2,1-4H3,(H,44,47)(H,53,54)(H,46,48,50). The number of para-hydroxylation sites is 1. The lowest BCUT2D eigenvalue weighted by atomic mass is 9.39. The van der Waals surface area contributed by atoms with Crippen molar-refractivity contribution in [1.82, 2.24) is 40.2 Å². The number of fused-ring (bicyclic) bond motifs is 1. The molecule has 4 N–H and O–H groups in total. The van der Waals surface area contributed by atoms with E-state index in [1.165, 1.54) is 19.3 Å². The van der Waals surface area contributed by atoms with Gasteiger partial charge >= 0.3 is 5.97 Å². The van der Waals surface area contributed by atoms with Crippen LogP contribution in [0.1, 0.15) is 79.8 Å². The molecule has 13 nitrogen and oxygen atoms in total.